The van der Waals surface area contributed by atoms with Gasteiger partial charge in [-0.05, 0) is 24.6 Å². The molecule has 58 valence electrons. The number of fused-ring (bicyclic) bond motifs is 1. The SMILES string of the molecule is Cc1ccc2c(c1)OCCS2. The van der Waals surface area contributed by atoms with Crippen LogP contribution in [0.25, 0.3) is 0 Å². The topological polar surface area (TPSA) is 9.23 Å². The molecule has 0 aromatic heterocycles. The van der Waals surface area contributed by atoms with Crippen molar-refractivity contribution in [2.24, 2.45) is 0 Å². The van der Waals surface area contributed by atoms with E-state index in [9.17, 15) is 0 Å². The maximum atomic E-state index is 5.48. The number of thioether (sulfide) groups is 1. The number of benzene rings is 1. The van der Waals surface area contributed by atoms with E-state index in [1.807, 2.05) is 11.8 Å². The quantitative estimate of drug-likeness (QED) is 0.585. The molecule has 0 saturated heterocycles. The van der Waals surface area contributed by atoms with Crippen LogP contribution in [-0.4, -0.2) is 12.4 Å². The molecule has 1 nitrogen and oxygen atoms in total. The minimum absolute atomic E-state index is 0.848. The smallest absolute Gasteiger partial charge is 0.133 e. The summed E-state index contributed by atoms with van der Waals surface area (Å²) in [6.07, 6.45) is 0. The van der Waals surface area contributed by atoms with Gasteiger partial charge >= 0.3 is 0 Å². The maximum Gasteiger partial charge on any atom is 0.133 e. The molecule has 0 bridgehead atoms. The number of ether oxygens (including phenoxy) is 1. The summed E-state index contributed by atoms with van der Waals surface area (Å²) in [4.78, 5) is 1.28. The van der Waals surface area contributed by atoms with E-state index in [0.29, 0.717) is 0 Å². The molecule has 2 rings (SSSR count). The molecule has 1 aliphatic rings. The molecule has 1 aliphatic heterocycles. The number of rotatable bonds is 0. The molecular formula is C9H10OS. The first-order chi connectivity index (χ1) is 5.36. The lowest BCUT2D eigenvalue weighted by atomic mass is 10.2. The number of hydrogen-bond donors (Lipinski definition) is 0. The number of hydrogen-bond acceptors (Lipinski definition) is 2. The summed E-state index contributed by atoms with van der Waals surface area (Å²) in [7, 11) is 0. The average molecular weight is 166 g/mol. The van der Waals surface area contributed by atoms with Crippen molar-refractivity contribution in [2.45, 2.75) is 11.8 Å². The fraction of sp³-hybridized carbons (Fsp3) is 0.333. The van der Waals surface area contributed by atoms with E-state index in [1.165, 1.54) is 10.5 Å². The molecule has 1 heterocycles. The molecule has 0 aliphatic carbocycles. The van der Waals surface area contributed by atoms with Gasteiger partial charge in [-0.15, -0.1) is 11.8 Å². The van der Waals surface area contributed by atoms with Gasteiger partial charge in [0, 0.05) is 10.6 Å². The lowest BCUT2D eigenvalue weighted by molar-refractivity contribution is 0.330. The van der Waals surface area contributed by atoms with Crippen molar-refractivity contribution in [3.05, 3.63) is 23.8 Å². The van der Waals surface area contributed by atoms with Crippen LogP contribution in [0.4, 0.5) is 0 Å². The van der Waals surface area contributed by atoms with Gasteiger partial charge in [0.25, 0.3) is 0 Å². The molecule has 0 N–H and O–H groups in total. The summed E-state index contributed by atoms with van der Waals surface area (Å²) in [6, 6.07) is 6.36. The second-order valence-corrected chi connectivity index (χ2v) is 3.78. The molecule has 0 atom stereocenters. The Bertz CT molecular complexity index is 270. The van der Waals surface area contributed by atoms with E-state index in [2.05, 4.69) is 25.1 Å². The van der Waals surface area contributed by atoms with Crippen LogP contribution >= 0.6 is 11.8 Å². The van der Waals surface area contributed by atoms with Crippen molar-refractivity contribution in [2.75, 3.05) is 12.4 Å². The van der Waals surface area contributed by atoms with Gasteiger partial charge in [-0.3, -0.25) is 0 Å². The van der Waals surface area contributed by atoms with Crippen molar-refractivity contribution in [1.82, 2.24) is 0 Å². The van der Waals surface area contributed by atoms with Gasteiger partial charge in [0.15, 0.2) is 0 Å². The first kappa shape index (κ1) is 7.04. The molecule has 0 spiro atoms. The molecule has 1 aromatic rings. The molecule has 0 radical (unpaired) electrons. The van der Waals surface area contributed by atoms with Gasteiger partial charge < -0.3 is 4.74 Å². The van der Waals surface area contributed by atoms with Crippen molar-refractivity contribution in [3.63, 3.8) is 0 Å². The molecular weight excluding hydrogens is 156 g/mol. The summed E-state index contributed by atoms with van der Waals surface area (Å²) in [5.41, 5.74) is 1.27. The zero-order valence-electron chi connectivity index (χ0n) is 6.46. The Morgan fingerprint density at radius 3 is 3.27 bits per heavy atom. The Morgan fingerprint density at radius 2 is 2.36 bits per heavy atom. The lowest BCUT2D eigenvalue weighted by Gasteiger charge is -2.16. The summed E-state index contributed by atoms with van der Waals surface area (Å²) in [5, 5.41) is 0. The second kappa shape index (κ2) is 2.78. The van der Waals surface area contributed by atoms with Crippen LogP contribution in [0.3, 0.4) is 0 Å². The van der Waals surface area contributed by atoms with Crippen molar-refractivity contribution < 1.29 is 4.74 Å². The normalized spacial score (nSPS) is 15.4. The van der Waals surface area contributed by atoms with E-state index in [4.69, 9.17) is 4.74 Å². The van der Waals surface area contributed by atoms with Crippen LogP contribution in [0.1, 0.15) is 5.56 Å². The van der Waals surface area contributed by atoms with E-state index >= 15 is 0 Å². The summed E-state index contributed by atoms with van der Waals surface area (Å²) in [6.45, 7) is 2.93. The summed E-state index contributed by atoms with van der Waals surface area (Å²) in [5.74, 6) is 2.14. The lowest BCUT2D eigenvalue weighted by Crippen LogP contribution is -2.06. The van der Waals surface area contributed by atoms with Gasteiger partial charge in [-0.2, -0.15) is 0 Å². The Morgan fingerprint density at radius 1 is 1.45 bits per heavy atom. The van der Waals surface area contributed by atoms with Crippen LogP contribution in [0.5, 0.6) is 5.75 Å². The molecule has 1 aromatic carbocycles. The van der Waals surface area contributed by atoms with Gasteiger partial charge in [-0.25, -0.2) is 0 Å². The van der Waals surface area contributed by atoms with Crippen LogP contribution in [0.2, 0.25) is 0 Å². The van der Waals surface area contributed by atoms with Crippen LogP contribution in [0, 0.1) is 6.92 Å². The van der Waals surface area contributed by atoms with Crippen molar-refractivity contribution in [3.8, 4) is 5.75 Å². The summed E-state index contributed by atoms with van der Waals surface area (Å²) < 4.78 is 5.48. The zero-order valence-corrected chi connectivity index (χ0v) is 7.28. The zero-order chi connectivity index (χ0) is 7.68. The number of aryl methyl sites for hydroxylation is 1. The fourth-order valence-corrected chi connectivity index (χ4v) is 1.96. The molecule has 2 heteroatoms. The molecule has 0 saturated carbocycles. The van der Waals surface area contributed by atoms with Gasteiger partial charge in [0.1, 0.15) is 5.75 Å². The van der Waals surface area contributed by atoms with Gasteiger partial charge in [-0.1, -0.05) is 6.07 Å². The van der Waals surface area contributed by atoms with Crippen molar-refractivity contribution in [1.29, 1.82) is 0 Å². The second-order valence-electron chi connectivity index (χ2n) is 2.65. The van der Waals surface area contributed by atoms with E-state index in [-0.39, 0.29) is 0 Å². The van der Waals surface area contributed by atoms with Crippen LogP contribution in [-0.2, 0) is 0 Å². The third-order valence-electron chi connectivity index (χ3n) is 1.70. The Hall–Kier alpha value is -0.630. The molecule has 0 fully saturated rings. The standard InChI is InChI=1S/C9H10OS/c1-7-2-3-9-8(6-7)10-4-5-11-9/h2-3,6H,4-5H2,1H3. The first-order valence-electron chi connectivity index (χ1n) is 3.72. The highest BCUT2D eigenvalue weighted by Crippen LogP contribution is 2.33. The van der Waals surface area contributed by atoms with Crippen molar-refractivity contribution >= 4 is 11.8 Å². The highest BCUT2D eigenvalue weighted by Gasteiger charge is 2.09. The fourth-order valence-electron chi connectivity index (χ4n) is 1.15. The largest absolute Gasteiger partial charge is 0.492 e. The Labute approximate surface area is 70.8 Å². The Kier molecular flexibility index (Phi) is 1.78. The van der Waals surface area contributed by atoms with Gasteiger partial charge in [0.2, 0.25) is 0 Å². The van der Waals surface area contributed by atoms with E-state index in [1.54, 1.807) is 0 Å². The van der Waals surface area contributed by atoms with Gasteiger partial charge in [0.05, 0.1) is 6.61 Å². The van der Waals surface area contributed by atoms with Crippen LogP contribution in [0.15, 0.2) is 23.1 Å². The third-order valence-corrected chi connectivity index (χ3v) is 2.72. The molecule has 11 heavy (non-hydrogen) atoms. The highest BCUT2D eigenvalue weighted by molar-refractivity contribution is 7.99. The Balaban J connectivity index is 2.43. The highest BCUT2D eigenvalue weighted by atomic mass is 32.2. The summed E-state index contributed by atoms with van der Waals surface area (Å²) >= 11 is 1.87. The third kappa shape index (κ3) is 1.36. The monoisotopic (exact) mass is 166 g/mol. The predicted octanol–water partition coefficient (Wildman–Crippen LogP) is 2.48. The molecule has 0 unspecified atom stereocenters. The minimum Gasteiger partial charge on any atom is -0.492 e. The predicted molar refractivity (Wildman–Crippen MR) is 47.4 cm³/mol. The van der Waals surface area contributed by atoms with Crippen LogP contribution < -0.4 is 4.74 Å². The minimum atomic E-state index is 0.848. The van der Waals surface area contributed by atoms with E-state index in [0.717, 1.165) is 18.1 Å². The van der Waals surface area contributed by atoms with E-state index < -0.39 is 0 Å². The molecule has 0 amide bonds. The first-order valence-corrected chi connectivity index (χ1v) is 4.71. The average Bonchev–Trinajstić information content (AvgIpc) is 2.04. The maximum absolute atomic E-state index is 5.48.